The van der Waals surface area contributed by atoms with Crippen LogP contribution in [0.1, 0.15) is 23.6 Å². The highest BCUT2D eigenvalue weighted by molar-refractivity contribution is 5.74. The van der Waals surface area contributed by atoms with E-state index in [1.165, 1.54) is 6.92 Å². The van der Waals surface area contributed by atoms with Gasteiger partial charge in [0.1, 0.15) is 5.82 Å². The van der Waals surface area contributed by atoms with Crippen molar-refractivity contribution in [2.24, 2.45) is 0 Å². The monoisotopic (exact) mass is 318 g/mol. The zero-order valence-corrected chi connectivity index (χ0v) is 10.5. The number of benzene rings is 1. The topological polar surface area (TPSA) is 26.3 Å². The third-order valence-corrected chi connectivity index (χ3v) is 2.45. The van der Waals surface area contributed by atoms with Gasteiger partial charge in [0.2, 0.25) is 0 Å². The van der Waals surface area contributed by atoms with Crippen molar-refractivity contribution in [2.45, 2.75) is 25.7 Å². The average molecular weight is 318 g/mol. The molecule has 0 saturated heterocycles. The Hall–Kier alpha value is -1.80. The maximum Gasteiger partial charge on any atom is 0.416 e. The van der Waals surface area contributed by atoms with Crippen molar-refractivity contribution in [1.82, 2.24) is 0 Å². The minimum Gasteiger partial charge on any atom is -0.466 e. The fraction of sp³-hybridized carbons (Fsp3) is 0.417. The van der Waals surface area contributed by atoms with Gasteiger partial charge in [0.05, 0.1) is 24.2 Å². The average Bonchev–Trinajstić information content (AvgIpc) is 2.28. The second kappa shape index (κ2) is 5.90. The quantitative estimate of drug-likeness (QED) is 0.623. The van der Waals surface area contributed by atoms with Gasteiger partial charge in [-0.25, -0.2) is 4.39 Å². The highest BCUT2D eigenvalue weighted by Gasteiger charge is 2.42. The van der Waals surface area contributed by atoms with Crippen LogP contribution in [-0.2, 0) is 28.3 Å². The summed E-state index contributed by atoms with van der Waals surface area (Å²) < 4.78 is 93.9. The Balaban J connectivity index is 3.50. The van der Waals surface area contributed by atoms with Gasteiger partial charge in [-0.2, -0.15) is 26.3 Å². The SMILES string of the molecule is CCOC(=O)Cc1c(C(F)(F)F)cc(F)cc1C(F)(F)F. The Kier molecular flexibility index (Phi) is 4.85. The van der Waals surface area contributed by atoms with E-state index in [1.807, 2.05) is 0 Å². The Morgan fingerprint density at radius 2 is 1.48 bits per heavy atom. The molecule has 0 heterocycles. The van der Waals surface area contributed by atoms with E-state index in [0.29, 0.717) is 0 Å². The Morgan fingerprint density at radius 1 is 1.05 bits per heavy atom. The summed E-state index contributed by atoms with van der Waals surface area (Å²) in [6, 6.07) is -0.159. The standard InChI is InChI=1S/C12H9F7O2/c1-2-21-10(20)5-7-8(11(14,15)16)3-6(13)4-9(7)12(17,18)19/h3-4H,2,5H2,1H3. The van der Waals surface area contributed by atoms with Crippen LogP contribution in [0.5, 0.6) is 0 Å². The Labute approximate surface area is 114 Å². The molecule has 0 spiro atoms. The summed E-state index contributed by atoms with van der Waals surface area (Å²) in [5.74, 6) is -2.96. The first-order valence-electron chi connectivity index (χ1n) is 5.59. The van der Waals surface area contributed by atoms with Crippen LogP contribution < -0.4 is 0 Å². The summed E-state index contributed by atoms with van der Waals surface area (Å²) in [6.45, 7) is 1.14. The minimum absolute atomic E-state index is 0.0796. The van der Waals surface area contributed by atoms with E-state index in [4.69, 9.17) is 0 Å². The van der Waals surface area contributed by atoms with E-state index in [-0.39, 0.29) is 18.7 Å². The maximum absolute atomic E-state index is 13.0. The molecule has 0 aliphatic rings. The molecule has 0 amide bonds. The third kappa shape index (κ3) is 4.33. The van der Waals surface area contributed by atoms with Crippen LogP contribution in [0.3, 0.4) is 0 Å². The Bertz CT molecular complexity index is 496. The van der Waals surface area contributed by atoms with E-state index in [0.717, 1.165) is 0 Å². The molecule has 0 fully saturated rings. The number of ether oxygens (including phenoxy) is 1. The number of carbonyl (C=O) groups excluding carboxylic acids is 1. The molecule has 9 heteroatoms. The van der Waals surface area contributed by atoms with Crippen LogP contribution in [0.4, 0.5) is 30.7 Å². The van der Waals surface area contributed by atoms with Gasteiger partial charge in [-0.15, -0.1) is 0 Å². The first-order valence-corrected chi connectivity index (χ1v) is 5.59. The highest BCUT2D eigenvalue weighted by Crippen LogP contribution is 2.40. The smallest absolute Gasteiger partial charge is 0.416 e. The normalized spacial score (nSPS) is 12.4. The summed E-state index contributed by atoms with van der Waals surface area (Å²) in [7, 11) is 0. The number of halogens is 7. The summed E-state index contributed by atoms with van der Waals surface area (Å²) in [5, 5.41) is 0. The van der Waals surface area contributed by atoms with Crippen molar-refractivity contribution >= 4 is 5.97 Å². The van der Waals surface area contributed by atoms with E-state index in [9.17, 15) is 35.5 Å². The highest BCUT2D eigenvalue weighted by atomic mass is 19.4. The van der Waals surface area contributed by atoms with E-state index >= 15 is 0 Å². The van der Waals surface area contributed by atoms with Gasteiger partial charge in [-0.3, -0.25) is 4.79 Å². The molecule has 0 unspecified atom stereocenters. The molecule has 0 aliphatic carbocycles. The summed E-state index contributed by atoms with van der Waals surface area (Å²) in [4.78, 5) is 11.2. The van der Waals surface area contributed by atoms with Crippen LogP contribution in [-0.4, -0.2) is 12.6 Å². The van der Waals surface area contributed by atoms with Gasteiger partial charge in [0, 0.05) is 0 Å². The second-order valence-electron chi connectivity index (χ2n) is 3.96. The number of esters is 1. The number of carbonyl (C=O) groups is 1. The molecular formula is C12H9F7O2. The zero-order chi connectivity index (χ0) is 16.4. The summed E-state index contributed by atoms with van der Waals surface area (Å²) in [5.41, 5.74) is -5.04. The van der Waals surface area contributed by atoms with Crippen LogP contribution in [0.15, 0.2) is 12.1 Å². The van der Waals surface area contributed by atoms with Gasteiger partial charge in [0.25, 0.3) is 0 Å². The largest absolute Gasteiger partial charge is 0.466 e. The molecule has 118 valence electrons. The molecule has 0 bridgehead atoms. The third-order valence-electron chi connectivity index (χ3n) is 2.45. The molecule has 0 N–H and O–H groups in total. The lowest BCUT2D eigenvalue weighted by Crippen LogP contribution is -2.20. The van der Waals surface area contributed by atoms with Gasteiger partial charge in [-0.05, 0) is 24.6 Å². The van der Waals surface area contributed by atoms with Gasteiger partial charge < -0.3 is 4.74 Å². The second-order valence-corrected chi connectivity index (χ2v) is 3.96. The summed E-state index contributed by atoms with van der Waals surface area (Å²) >= 11 is 0. The molecule has 1 rings (SSSR count). The number of alkyl halides is 6. The maximum atomic E-state index is 13.0. The van der Waals surface area contributed by atoms with Crippen LogP contribution in [0.2, 0.25) is 0 Å². The Morgan fingerprint density at radius 3 is 1.81 bits per heavy atom. The number of rotatable bonds is 3. The molecule has 0 aromatic heterocycles. The van der Waals surface area contributed by atoms with Crippen molar-refractivity contribution in [3.8, 4) is 0 Å². The summed E-state index contributed by atoms with van der Waals surface area (Å²) in [6.07, 6.45) is -11.7. The predicted octanol–water partition coefficient (Wildman–Crippen LogP) is 3.97. The molecule has 2 nitrogen and oxygen atoms in total. The van der Waals surface area contributed by atoms with Crippen molar-refractivity contribution in [3.05, 3.63) is 34.6 Å². The van der Waals surface area contributed by atoms with Crippen LogP contribution in [0.25, 0.3) is 0 Å². The van der Waals surface area contributed by atoms with Crippen LogP contribution in [0, 0.1) is 5.82 Å². The van der Waals surface area contributed by atoms with Crippen molar-refractivity contribution in [2.75, 3.05) is 6.61 Å². The predicted molar refractivity (Wildman–Crippen MR) is 56.7 cm³/mol. The first-order chi connectivity index (χ1) is 9.46. The molecular weight excluding hydrogens is 309 g/mol. The molecule has 0 saturated carbocycles. The van der Waals surface area contributed by atoms with E-state index in [1.54, 1.807) is 0 Å². The molecule has 0 aliphatic heterocycles. The first kappa shape index (κ1) is 17.3. The fourth-order valence-electron chi connectivity index (χ4n) is 1.69. The minimum atomic E-state index is -5.23. The molecule has 21 heavy (non-hydrogen) atoms. The van der Waals surface area contributed by atoms with Crippen molar-refractivity contribution < 1.29 is 40.3 Å². The van der Waals surface area contributed by atoms with E-state index in [2.05, 4.69) is 4.74 Å². The molecule has 1 aromatic rings. The molecule has 0 radical (unpaired) electrons. The van der Waals surface area contributed by atoms with Crippen LogP contribution >= 0.6 is 0 Å². The van der Waals surface area contributed by atoms with Crippen molar-refractivity contribution in [1.29, 1.82) is 0 Å². The zero-order valence-electron chi connectivity index (χ0n) is 10.5. The lowest BCUT2D eigenvalue weighted by atomic mass is 9.97. The lowest BCUT2D eigenvalue weighted by molar-refractivity contribution is -0.147. The van der Waals surface area contributed by atoms with Gasteiger partial charge in [-0.1, -0.05) is 0 Å². The van der Waals surface area contributed by atoms with Crippen molar-refractivity contribution in [3.63, 3.8) is 0 Å². The fourth-order valence-corrected chi connectivity index (χ4v) is 1.69. The number of hydrogen-bond donors (Lipinski definition) is 0. The lowest BCUT2D eigenvalue weighted by Gasteiger charge is -2.18. The van der Waals surface area contributed by atoms with Gasteiger partial charge in [0.15, 0.2) is 0 Å². The molecule has 0 atom stereocenters. The molecule has 1 aromatic carbocycles. The van der Waals surface area contributed by atoms with E-state index < -0.39 is 47.3 Å². The number of hydrogen-bond acceptors (Lipinski definition) is 2. The van der Waals surface area contributed by atoms with Gasteiger partial charge >= 0.3 is 18.3 Å².